The van der Waals surface area contributed by atoms with Crippen LogP contribution < -0.4 is 15.5 Å². The lowest BCUT2D eigenvalue weighted by molar-refractivity contribution is -0.131. The second-order valence-corrected chi connectivity index (χ2v) is 5.39. The molecule has 1 aliphatic heterocycles. The zero-order valence-corrected chi connectivity index (χ0v) is 14.0. The number of imide groups is 2. The summed E-state index contributed by atoms with van der Waals surface area (Å²) >= 11 is 0. The van der Waals surface area contributed by atoms with E-state index in [9.17, 15) is 19.2 Å². The van der Waals surface area contributed by atoms with Crippen molar-refractivity contribution in [3.63, 3.8) is 0 Å². The van der Waals surface area contributed by atoms with Crippen molar-refractivity contribution >= 4 is 29.6 Å². The van der Waals surface area contributed by atoms with Gasteiger partial charge in [0.2, 0.25) is 5.91 Å². The van der Waals surface area contributed by atoms with Gasteiger partial charge in [0.1, 0.15) is 12.6 Å². The van der Waals surface area contributed by atoms with Gasteiger partial charge < -0.3 is 10.1 Å². The number of nitrogens with one attached hydrogen (secondary N) is 2. The minimum absolute atomic E-state index is 0.232. The van der Waals surface area contributed by atoms with Crippen LogP contribution in [0.25, 0.3) is 0 Å². The van der Waals surface area contributed by atoms with E-state index in [0.717, 1.165) is 4.90 Å². The summed E-state index contributed by atoms with van der Waals surface area (Å²) in [4.78, 5) is 50.4. The maximum absolute atomic E-state index is 12.5. The topological polar surface area (TPSA) is 108 Å². The summed E-state index contributed by atoms with van der Waals surface area (Å²) in [6.45, 7) is 1.59. The number of ether oxygens (including phenoxy) is 1. The van der Waals surface area contributed by atoms with E-state index in [1.807, 2.05) is 0 Å². The van der Waals surface area contributed by atoms with Crippen LogP contribution in [0.1, 0.15) is 6.92 Å². The largest absolute Gasteiger partial charge is 0.383 e. The van der Waals surface area contributed by atoms with Gasteiger partial charge in [-0.15, -0.1) is 0 Å². The predicted molar refractivity (Wildman–Crippen MR) is 88.9 cm³/mol. The van der Waals surface area contributed by atoms with Crippen LogP contribution >= 0.6 is 0 Å². The summed E-state index contributed by atoms with van der Waals surface area (Å²) in [6.07, 6.45) is 0. The van der Waals surface area contributed by atoms with Gasteiger partial charge in [-0.2, -0.15) is 0 Å². The molecular weight excluding hydrogens is 328 g/mol. The lowest BCUT2D eigenvalue weighted by Crippen LogP contribution is -2.47. The van der Waals surface area contributed by atoms with Crippen molar-refractivity contribution in [1.82, 2.24) is 15.5 Å². The average molecular weight is 348 g/mol. The molecule has 0 saturated carbocycles. The monoisotopic (exact) mass is 348 g/mol. The van der Waals surface area contributed by atoms with E-state index in [2.05, 4.69) is 10.6 Å². The van der Waals surface area contributed by atoms with Crippen LogP contribution in [0.15, 0.2) is 30.3 Å². The molecule has 1 saturated heterocycles. The number of hydrogen-bond acceptors (Lipinski definition) is 5. The molecule has 2 rings (SSSR count). The molecule has 6 amide bonds. The minimum Gasteiger partial charge on any atom is -0.383 e. The second-order valence-electron chi connectivity index (χ2n) is 5.39. The number of rotatable bonds is 6. The van der Waals surface area contributed by atoms with Crippen molar-refractivity contribution in [2.45, 2.75) is 13.0 Å². The molecule has 0 unspecified atom stereocenters. The number of para-hydroxylation sites is 1. The van der Waals surface area contributed by atoms with Crippen molar-refractivity contribution < 1.29 is 23.9 Å². The molecule has 1 aromatic rings. The molecule has 1 heterocycles. The van der Waals surface area contributed by atoms with E-state index in [1.54, 1.807) is 37.3 Å². The highest BCUT2D eigenvalue weighted by Crippen LogP contribution is 2.25. The SMILES string of the molecule is COCCNC(=O)NC(=O)CN1C(=O)[C@@H](C)N(c2ccccc2)C1=O. The first-order chi connectivity index (χ1) is 12.0. The van der Waals surface area contributed by atoms with E-state index >= 15 is 0 Å². The lowest BCUT2D eigenvalue weighted by Gasteiger charge is -2.19. The highest BCUT2D eigenvalue weighted by Gasteiger charge is 2.44. The summed E-state index contributed by atoms with van der Waals surface area (Å²) in [6, 6.07) is 6.66. The number of anilines is 1. The number of urea groups is 2. The van der Waals surface area contributed by atoms with Gasteiger partial charge >= 0.3 is 12.1 Å². The van der Waals surface area contributed by atoms with E-state index in [1.165, 1.54) is 12.0 Å². The third-order valence-electron chi connectivity index (χ3n) is 3.63. The number of hydrogen-bond donors (Lipinski definition) is 2. The molecule has 1 aromatic carbocycles. The number of benzene rings is 1. The zero-order chi connectivity index (χ0) is 18.4. The summed E-state index contributed by atoms with van der Waals surface area (Å²) in [7, 11) is 1.48. The number of nitrogens with zero attached hydrogens (tertiary/aromatic N) is 2. The molecule has 1 aliphatic rings. The third kappa shape index (κ3) is 4.32. The van der Waals surface area contributed by atoms with Crippen LogP contribution in [-0.2, 0) is 14.3 Å². The molecule has 0 aliphatic carbocycles. The van der Waals surface area contributed by atoms with Gasteiger partial charge in [-0.3, -0.25) is 24.7 Å². The fraction of sp³-hybridized carbons (Fsp3) is 0.375. The van der Waals surface area contributed by atoms with E-state index in [4.69, 9.17) is 4.74 Å². The normalized spacial score (nSPS) is 17.0. The van der Waals surface area contributed by atoms with Crippen LogP contribution in [0.3, 0.4) is 0 Å². The van der Waals surface area contributed by atoms with E-state index in [-0.39, 0.29) is 6.54 Å². The van der Waals surface area contributed by atoms with Crippen molar-refractivity contribution in [2.24, 2.45) is 0 Å². The number of amides is 6. The molecule has 0 bridgehead atoms. The maximum Gasteiger partial charge on any atom is 0.332 e. The molecule has 9 heteroatoms. The Bertz CT molecular complexity index is 664. The number of methoxy groups -OCH3 is 1. The van der Waals surface area contributed by atoms with Gasteiger partial charge in [0.05, 0.1) is 6.61 Å². The van der Waals surface area contributed by atoms with Crippen LogP contribution in [-0.4, -0.2) is 61.6 Å². The van der Waals surface area contributed by atoms with Crippen LogP contribution in [0.2, 0.25) is 0 Å². The quantitative estimate of drug-likeness (QED) is 0.568. The summed E-state index contributed by atoms with van der Waals surface area (Å²) < 4.78 is 4.77. The minimum atomic E-state index is -0.751. The molecule has 0 spiro atoms. The van der Waals surface area contributed by atoms with Gasteiger partial charge in [0.15, 0.2) is 0 Å². The van der Waals surface area contributed by atoms with Gasteiger partial charge in [-0.25, -0.2) is 9.59 Å². The van der Waals surface area contributed by atoms with Crippen molar-refractivity contribution in [3.8, 4) is 0 Å². The van der Waals surface area contributed by atoms with Crippen LogP contribution in [0, 0.1) is 0 Å². The average Bonchev–Trinajstić information content (AvgIpc) is 2.79. The van der Waals surface area contributed by atoms with E-state index in [0.29, 0.717) is 12.3 Å². The first kappa shape index (κ1) is 18.4. The molecule has 9 nitrogen and oxygen atoms in total. The van der Waals surface area contributed by atoms with E-state index < -0.39 is 36.5 Å². The number of carbonyl (C=O) groups excluding carboxylic acids is 4. The third-order valence-corrected chi connectivity index (χ3v) is 3.63. The summed E-state index contributed by atoms with van der Waals surface area (Å²) in [5.74, 6) is -1.25. The van der Waals surface area contributed by atoms with Crippen LogP contribution in [0.5, 0.6) is 0 Å². The standard InChI is InChI=1S/C16H20N4O5/c1-11-14(22)19(10-13(21)18-15(23)17-8-9-25-2)16(24)20(11)12-6-4-3-5-7-12/h3-7,11H,8-10H2,1-2H3,(H2,17,18,21,23)/t11-/m1/s1. The van der Waals surface area contributed by atoms with Gasteiger partial charge in [-0.05, 0) is 19.1 Å². The molecule has 25 heavy (non-hydrogen) atoms. The maximum atomic E-state index is 12.5. The Morgan fingerprint density at radius 2 is 1.88 bits per heavy atom. The Labute approximate surface area is 144 Å². The second kappa shape index (κ2) is 8.25. The summed E-state index contributed by atoms with van der Waals surface area (Å²) in [5, 5.41) is 4.48. The Morgan fingerprint density at radius 3 is 2.52 bits per heavy atom. The lowest BCUT2D eigenvalue weighted by atomic mass is 10.2. The van der Waals surface area contributed by atoms with Crippen molar-refractivity contribution in [1.29, 1.82) is 0 Å². The van der Waals surface area contributed by atoms with Gasteiger partial charge in [-0.1, -0.05) is 18.2 Å². The first-order valence-electron chi connectivity index (χ1n) is 7.72. The molecular formula is C16H20N4O5. The number of carbonyl (C=O) groups is 4. The smallest absolute Gasteiger partial charge is 0.332 e. The molecule has 134 valence electrons. The fourth-order valence-corrected chi connectivity index (χ4v) is 2.41. The fourth-order valence-electron chi connectivity index (χ4n) is 2.41. The first-order valence-corrected chi connectivity index (χ1v) is 7.72. The molecule has 0 aromatic heterocycles. The molecule has 1 fully saturated rings. The summed E-state index contributed by atoms with van der Waals surface area (Å²) in [5.41, 5.74) is 0.563. The van der Waals surface area contributed by atoms with Crippen molar-refractivity contribution in [3.05, 3.63) is 30.3 Å². The van der Waals surface area contributed by atoms with Gasteiger partial charge in [0, 0.05) is 19.3 Å². The predicted octanol–water partition coefficient (Wildman–Crippen LogP) is 0.316. The van der Waals surface area contributed by atoms with Crippen molar-refractivity contribution in [2.75, 3.05) is 31.7 Å². The Kier molecular flexibility index (Phi) is 6.07. The Morgan fingerprint density at radius 1 is 1.20 bits per heavy atom. The highest BCUT2D eigenvalue weighted by atomic mass is 16.5. The molecule has 2 N–H and O–H groups in total. The molecule has 0 radical (unpaired) electrons. The van der Waals surface area contributed by atoms with Gasteiger partial charge in [0.25, 0.3) is 5.91 Å². The Balaban J connectivity index is 1.98. The molecule has 1 atom stereocenters. The Hall–Kier alpha value is -2.94. The highest BCUT2D eigenvalue weighted by molar-refractivity contribution is 6.15. The van der Waals surface area contributed by atoms with Crippen LogP contribution in [0.4, 0.5) is 15.3 Å². The zero-order valence-electron chi connectivity index (χ0n) is 14.0.